The van der Waals surface area contributed by atoms with Gasteiger partial charge in [-0.25, -0.2) is 0 Å². The van der Waals surface area contributed by atoms with Crippen LogP contribution in [0.25, 0.3) is 0 Å². The van der Waals surface area contributed by atoms with Crippen molar-refractivity contribution in [3.63, 3.8) is 0 Å². The lowest BCUT2D eigenvalue weighted by atomic mass is 10.1. The molecule has 2 amide bonds. The largest absolute Gasteiger partial charge is 0.322 e. The summed E-state index contributed by atoms with van der Waals surface area (Å²) in [5.74, 6) is -0.0894. The van der Waals surface area contributed by atoms with Crippen molar-refractivity contribution in [1.29, 1.82) is 0 Å². The van der Waals surface area contributed by atoms with Crippen LogP contribution >= 0.6 is 11.3 Å². The van der Waals surface area contributed by atoms with Crippen LogP contribution < -0.4 is 10.2 Å². The Labute approximate surface area is 156 Å². The number of carbonyl (C=O) groups is 2. The number of anilines is 2. The Morgan fingerprint density at radius 2 is 1.96 bits per heavy atom. The van der Waals surface area contributed by atoms with E-state index < -0.39 is 0 Å². The third-order valence-electron chi connectivity index (χ3n) is 4.49. The first kappa shape index (κ1) is 16.5. The average Bonchev–Trinajstić information content (AvgIpc) is 3.31. The van der Waals surface area contributed by atoms with Gasteiger partial charge in [-0.2, -0.15) is 0 Å². The standard InChI is InChI=1S/C21H18N2O2S/c1-14-4-2-5-16(12-14)20(24)22-17-7-8-18-15(13-17)9-10-23(18)21(25)19-6-3-11-26-19/h2-8,11-13H,9-10H2,1H3,(H,22,24). The van der Waals surface area contributed by atoms with Crippen molar-refractivity contribution in [3.05, 3.63) is 81.5 Å². The summed E-state index contributed by atoms with van der Waals surface area (Å²) >= 11 is 1.45. The fourth-order valence-corrected chi connectivity index (χ4v) is 3.89. The van der Waals surface area contributed by atoms with Gasteiger partial charge in [-0.05, 0) is 60.7 Å². The van der Waals surface area contributed by atoms with Gasteiger partial charge in [0, 0.05) is 23.5 Å². The van der Waals surface area contributed by atoms with Gasteiger partial charge < -0.3 is 10.2 Å². The fourth-order valence-electron chi connectivity index (χ4n) is 3.21. The van der Waals surface area contributed by atoms with E-state index in [-0.39, 0.29) is 11.8 Å². The summed E-state index contributed by atoms with van der Waals surface area (Å²) in [5, 5.41) is 4.86. The van der Waals surface area contributed by atoms with Crippen LogP contribution in [0.15, 0.2) is 60.0 Å². The molecule has 4 rings (SSSR count). The number of hydrogen-bond donors (Lipinski definition) is 1. The Morgan fingerprint density at radius 1 is 1.08 bits per heavy atom. The van der Waals surface area contributed by atoms with Gasteiger partial charge >= 0.3 is 0 Å². The van der Waals surface area contributed by atoms with Gasteiger partial charge in [0.25, 0.3) is 11.8 Å². The van der Waals surface area contributed by atoms with E-state index in [1.54, 1.807) is 6.07 Å². The van der Waals surface area contributed by atoms with Gasteiger partial charge in [-0.3, -0.25) is 9.59 Å². The number of rotatable bonds is 3. The zero-order valence-electron chi connectivity index (χ0n) is 14.4. The fraction of sp³-hybridized carbons (Fsp3) is 0.143. The number of benzene rings is 2. The molecule has 0 unspecified atom stereocenters. The van der Waals surface area contributed by atoms with Crippen molar-refractivity contribution in [2.75, 3.05) is 16.8 Å². The van der Waals surface area contributed by atoms with E-state index in [0.717, 1.165) is 33.8 Å². The predicted octanol–water partition coefficient (Wildman–Crippen LogP) is 4.51. The Kier molecular flexibility index (Phi) is 4.31. The normalized spacial score (nSPS) is 12.7. The second-order valence-corrected chi connectivity index (χ2v) is 7.30. The first-order valence-corrected chi connectivity index (χ1v) is 9.36. The van der Waals surface area contributed by atoms with Crippen LogP contribution in [-0.4, -0.2) is 18.4 Å². The molecule has 130 valence electrons. The van der Waals surface area contributed by atoms with Crippen LogP contribution in [-0.2, 0) is 6.42 Å². The van der Waals surface area contributed by atoms with Crippen molar-refractivity contribution in [3.8, 4) is 0 Å². The molecule has 0 saturated heterocycles. The molecule has 4 nitrogen and oxygen atoms in total. The van der Waals surface area contributed by atoms with Crippen LogP contribution in [0.2, 0.25) is 0 Å². The number of fused-ring (bicyclic) bond motifs is 1. The summed E-state index contributed by atoms with van der Waals surface area (Å²) in [4.78, 5) is 27.6. The molecule has 2 heterocycles. The zero-order chi connectivity index (χ0) is 18.1. The SMILES string of the molecule is Cc1cccc(C(=O)Nc2ccc3c(c2)CCN3C(=O)c2cccs2)c1. The molecule has 1 N–H and O–H groups in total. The van der Waals surface area contributed by atoms with E-state index in [9.17, 15) is 9.59 Å². The van der Waals surface area contributed by atoms with Crippen LogP contribution in [0, 0.1) is 6.92 Å². The molecule has 2 aromatic carbocycles. The minimum absolute atomic E-state index is 0.0373. The number of aryl methyl sites for hydroxylation is 1. The van der Waals surface area contributed by atoms with E-state index in [2.05, 4.69) is 5.32 Å². The Balaban J connectivity index is 1.53. The summed E-state index contributed by atoms with van der Waals surface area (Å²) in [5.41, 5.74) is 4.45. The summed E-state index contributed by atoms with van der Waals surface area (Å²) in [7, 11) is 0. The van der Waals surface area contributed by atoms with Crippen molar-refractivity contribution in [1.82, 2.24) is 0 Å². The van der Waals surface area contributed by atoms with Crippen LogP contribution in [0.1, 0.15) is 31.2 Å². The molecule has 3 aromatic rings. The monoisotopic (exact) mass is 362 g/mol. The van der Waals surface area contributed by atoms with Gasteiger partial charge in [0.2, 0.25) is 0 Å². The van der Waals surface area contributed by atoms with E-state index >= 15 is 0 Å². The summed E-state index contributed by atoms with van der Waals surface area (Å²) in [6, 6.07) is 17.0. The van der Waals surface area contributed by atoms with Gasteiger partial charge in [-0.1, -0.05) is 23.8 Å². The predicted molar refractivity (Wildman–Crippen MR) is 105 cm³/mol. The minimum Gasteiger partial charge on any atom is -0.322 e. The van der Waals surface area contributed by atoms with E-state index in [1.807, 2.05) is 65.7 Å². The molecule has 1 aromatic heterocycles. The van der Waals surface area contributed by atoms with Gasteiger partial charge in [-0.15, -0.1) is 11.3 Å². The number of amides is 2. The average molecular weight is 362 g/mol. The molecular weight excluding hydrogens is 344 g/mol. The van der Waals surface area contributed by atoms with Gasteiger partial charge in [0.05, 0.1) is 4.88 Å². The topological polar surface area (TPSA) is 49.4 Å². The molecule has 0 atom stereocenters. The summed E-state index contributed by atoms with van der Waals surface area (Å²) in [6.45, 7) is 2.63. The Hall–Kier alpha value is -2.92. The molecular formula is C21H18N2O2S. The third-order valence-corrected chi connectivity index (χ3v) is 5.35. The van der Waals surface area contributed by atoms with Crippen molar-refractivity contribution in [2.45, 2.75) is 13.3 Å². The second-order valence-electron chi connectivity index (χ2n) is 6.35. The molecule has 5 heteroatoms. The molecule has 1 aliphatic rings. The van der Waals surface area contributed by atoms with Crippen molar-refractivity contribution < 1.29 is 9.59 Å². The molecule has 0 aliphatic carbocycles. The Morgan fingerprint density at radius 3 is 2.73 bits per heavy atom. The number of nitrogens with one attached hydrogen (secondary N) is 1. The van der Waals surface area contributed by atoms with Crippen molar-refractivity contribution in [2.24, 2.45) is 0 Å². The van der Waals surface area contributed by atoms with Crippen LogP contribution in [0.5, 0.6) is 0 Å². The quantitative estimate of drug-likeness (QED) is 0.745. The van der Waals surface area contributed by atoms with E-state index in [4.69, 9.17) is 0 Å². The van der Waals surface area contributed by atoms with Crippen molar-refractivity contribution >= 4 is 34.5 Å². The number of hydrogen-bond acceptors (Lipinski definition) is 3. The molecule has 0 bridgehead atoms. The zero-order valence-corrected chi connectivity index (χ0v) is 15.2. The van der Waals surface area contributed by atoms with Gasteiger partial charge in [0.1, 0.15) is 0 Å². The molecule has 1 aliphatic heterocycles. The number of thiophene rings is 1. The highest BCUT2D eigenvalue weighted by Crippen LogP contribution is 2.32. The maximum absolute atomic E-state index is 12.6. The minimum atomic E-state index is -0.127. The van der Waals surface area contributed by atoms with E-state index in [0.29, 0.717) is 12.1 Å². The Bertz CT molecular complexity index is 979. The lowest BCUT2D eigenvalue weighted by Gasteiger charge is -2.16. The highest BCUT2D eigenvalue weighted by atomic mass is 32.1. The number of nitrogens with zero attached hydrogens (tertiary/aromatic N) is 1. The first-order valence-electron chi connectivity index (χ1n) is 8.48. The summed E-state index contributed by atoms with van der Waals surface area (Å²) < 4.78 is 0. The molecule has 0 fully saturated rings. The second kappa shape index (κ2) is 6.77. The maximum atomic E-state index is 12.6. The lowest BCUT2D eigenvalue weighted by Crippen LogP contribution is -2.28. The third kappa shape index (κ3) is 3.13. The summed E-state index contributed by atoms with van der Waals surface area (Å²) in [6.07, 6.45) is 0.792. The lowest BCUT2D eigenvalue weighted by molar-refractivity contribution is 0.0991. The first-order chi connectivity index (χ1) is 12.6. The van der Waals surface area contributed by atoms with Gasteiger partial charge in [0.15, 0.2) is 0 Å². The molecule has 0 saturated carbocycles. The van der Waals surface area contributed by atoms with E-state index in [1.165, 1.54) is 11.3 Å². The smallest absolute Gasteiger partial charge is 0.268 e. The molecule has 0 radical (unpaired) electrons. The maximum Gasteiger partial charge on any atom is 0.268 e. The van der Waals surface area contributed by atoms with Crippen LogP contribution in [0.4, 0.5) is 11.4 Å². The highest BCUT2D eigenvalue weighted by molar-refractivity contribution is 7.12. The molecule has 26 heavy (non-hydrogen) atoms. The molecule has 0 spiro atoms. The highest BCUT2D eigenvalue weighted by Gasteiger charge is 2.26. The number of carbonyl (C=O) groups excluding carboxylic acids is 2. The van der Waals surface area contributed by atoms with Crippen LogP contribution in [0.3, 0.4) is 0 Å².